The summed E-state index contributed by atoms with van der Waals surface area (Å²) in [5, 5.41) is 19.9. The number of benzene rings is 1. The van der Waals surface area contributed by atoms with Crippen LogP contribution in [0.3, 0.4) is 0 Å². The number of carbonyl (C=O) groups excluding carboxylic acids is 1. The minimum absolute atomic E-state index is 0. The lowest BCUT2D eigenvalue weighted by Crippen LogP contribution is -2.47. The highest BCUT2D eigenvalue weighted by atomic mass is 127. The van der Waals surface area contributed by atoms with Crippen molar-refractivity contribution >= 4 is 35.8 Å². The van der Waals surface area contributed by atoms with Gasteiger partial charge in [0.05, 0.1) is 5.60 Å². The highest BCUT2D eigenvalue weighted by Gasteiger charge is 2.24. The van der Waals surface area contributed by atoms with E-state index in [1.165, 1.54) is 5.56 Å². The van der Waals surface area contributed by atoms with Crippen LogP contribution in [0.5, 0.6) is 0 Å². The highest BCUT2D eigenvalue weighted by molar-refractivity contribution is 14.0. The molecule has 0 spiro atoms. The van der Waals surface area contributed by atoms with E-state index in [0.717, 1.165) is 32.1 Å². The number of carbonyl (C=O) groups is 1. The Labute approximate surface area is 187 Å². The Balaban J connectivity index is 0.00000729. The smallest absolute Gasteiger partial charge is 0.241 e. The zero-order valence-corrected chi connectivity index (χ0v) is 19.8. The average molecular weight is 504 g/mol. The fraction of sp³-hybridized carbons (Fsp3) is 0.619. The predicted molar refractivity (Wildman–Crippen MR) is 127 cm³/mol. The van der Waals surface area contributed by atoms with Gasteiger partial charge in [-0.05, 0) is 31.7 Å². The number of guanidine groups is 1. The summed E-state index contributed by atoms with van der Waals surface area (Å²) < 4.78 is 0. The molecular formula is C21H37IN4O2. The van der Waals surface area contributed by atoms with E-state index >= 15 is 0 Å². The van der Waals surface area contributed by atoms with Gasteiger partial charge < -0.3 is 21.1 Å². The minimum Gasteiger partial charge on any atom is -0.388 e. The average Bonchev–Trinajstić information content (AvgIpc) is 2.65. The molecule has 0 aliphatic carbocycles. The van der Waals surface area contributed by atoms with Gasteiger partial charge in [0, 0.05) is 19.6 Å². The van der Waals surface area contributed by atoms with Crippen molar-refractivity contribution in [2.45, 2.75) is 58.5 Å². The number of hydrogen-bond acceptors (Lipinski definition) is 3. The van der Waals surface area contributed by atoms with E-state index in [9.17, 15) is 9.90 Å². The topological polar surface area (TPSA) is 85.8 Å². The van der Waals surface area contributed by atoms with Crippen molar-refractivity contribution in [2.24, 2.45) is 4.99 Å². The van der Waals surface area contributed by atoms with Gasteiger partial charge in [-0.2, -0.15) is 0 Å². The number of aliphatic imine (C=N–C) groups is 1. The lowest BCUT2D eigenvalue weighted by atomic mass is 9.93. The molecule has 0 aliphatic heterocycles. The zero-order chi connectivity index (χ0) is 20.0. The Kier molecular flexibility index (Phi) is 14.8. The van der Waals surface area contributed by atoms with Crippen molar-refractivity contribution < 1.29 is 9.90 Å². The summed E-state index contributed by atoms with van der Waals surface area (Å²) in [7, 11) is 0. The van der Waals surface area contributed by atoms with Gasteiger partial charge in [0.2, 0.25) is 5.91 Å². The fourth-order valence-corrected chi connectivity index (χ4v) is 3.02. The molecule has 1 rings (SSSR count). The van der Waals surface area contributed by atoms with Crippen LogP contribution in [0.15, 0.2) is 35.3 Å². The molecule has 0 aliphatic rings. The molecule has 0 unspecified atom stereocenters. The molecule has 0 fully saturated rings. The molecule has 7 heteroatoms. The van der Waals surface area contributed by atoms with Gasteiger partial charge >= 0.3 is 0 Å². The first-order valence-electron chi connectivity index (χ1n) is 10.1. The molecule has 6 nitrogen and oxygen atoms in total. The molecule has 1 aromatic carbocycles. The maximum absolute atomic E-state index is 12.0. The normalized spacial score (nSPS) is 11.5. The second-order valence-electron chi connectivity index (χ2n) is 6.86. The number of hydrogen-bond donors (Lipinski definition) is 4. The molecule has 0 radical (unpaired) electrons. The van der Waals surface area contributed by atoms with Gasteiger partial charge in [-0.15, -0.1) is 24.0 Å². The van der Waals surface area contributed by atoms with Gasteiger partial charge in [0.25, 0.3) is 0 Å². The molecule has 0 aromatic heterocycles. The first-order chi connectivity index (χ1) is 13.0. The third-order valence-electron chi connectivity index (χ3n) is 4.32. The van der Waals surface area contributed by atoms with E-state index in [2.05, 4.69) is 34.8 Å². The van der Waals surface area contributed by atoms with Crippen molar-refractivity contribution in [2.75, 3.05) is 26.2 Å². The number of halogens is 1. The molecule has 1 aromatic rings. The third kappa shape index (κ3) is 11.5. The number of nitrogens with zero attached hydrogens (tertiary/aromatic N) is 1. The van der Waals surface area contributed by atoms with Gasteiger partial charge in [0.15, 0.2) is 5.96 Å². The maximum Gasteiger partial charge on any atom is 0.241 e. The van der Waals surface area contributed by atoms with Gasteiger partial charge in [0.1, 0.15) is 6.54 Å². The van der Waals surface area contributed by atoms with E-state index < -0.39 is 5.60 Å². The summed E-state index contributed by atoms with van der Waals surface area (Å²) >= 11 is 0. The molecule has 0 bridgehead atoms. The second kappa shape index (κ2) is 15.6. The summed E-state index contributed by atoms with van der Waals surface area (Å²) in [4.78, 5) is 16.4. The van der Waals surface area contributed by atoms with E-state index in [1.54, 1.807) is 0 Å². The molecule has 4 N–H and O–H groups in total. The number of aliphatic hydroxyl groups is 1. The van der Waals surface area contributed by atoms with Crippen LogP contribution < -0.4 is 16.0 Å². The number of amides is 1. The van der Waals surface area contributed by atoms with Crippen LogP contribution >= 0.6 is 24.0 Å². The van der Waals surface area contributed by atoms with Crippen LogP contribution in [0.2, 0.25) is 0 Å². The van der Waals surface area contributed by atoms with Crippen molar-refractivity contribution in [3.8, 4) is 0 Å². The molecule has 0 atom stereocenters. The van der Waals surface area contributed by atoms with Crippen LogP contribution in [0, 0.1) is 0 Å². The van der Waals surface area contributed by atoms with E-state index in [0.29, 0.717) is 25.6 Å². The van der Waals surface area contributed by atoms with Crippen molar-refractivity contribution in [3.05, 3.63) is 35.9 Å². The third-order valence-corrected chi connectivity index (χ3v) is 4.32. The van der Waals surface area contributed by atoms with E-state index in [4.69, 9.17) is 0 Å². The van der Waals surface area contributed by atoms with Gasteiger partial charge in [-0.3, -0.25) is 4.79 Å². The Morgan fingerprint density at radius 3 is 2.25 bits per heavy atom. The molecule has 1 amide bonds. The van der Waals surface area contributed by atoms with Gasteiger partial charge in [-0.1, -0.05) is 57.0 Å². The van der Waals surface area contributed by atoms with Gasteiger partial charge in [-0.25, -0.2) is 4.99 Å². The summed E-state index contributed by atoms with van der Waals surface area (Å²) in [5.74, 6) is 0.446. The Bertz CT molecular complexity index is 561. The predicted octanol–water partition coefficient (Wildman–Crippen LogP) is 2.85. The van der Waals surface area contributed by atoms with E-state index in [-0.39, 0.29) is 36.4 Å². The Hall–Kier alpha value is -1.35. The first kappa shape index (κ1) is 26.6. The summed E-state index contributed by atoms with van der Waals surface area (Å²) in [6, 6.07) is 10.1. The second-order valence-corrected chi connectivity index (χ2v) is 6.86. The SMILES string of the molecule is CCCC(O)(CCC)CNC(=NCC(=O)NCCc1ccccc1)NCC.I. The minimum atomic E-state index is -0.738. The Morgan fingerprint density at radius 2 is 1.68 bits per heavy atom. The monoisotopic (exact) mass is 504 g/mol. The summed E-state index contributed by atoms with van der Waals surface area (Å²) in [5.41, 5.74) is 0.458. The van der Waals surface area contributed by atoms with Crippen LogP contribution in [0.4, 0.5) is 0 Å². The molecule has 28 heavy (non-hydrogen) atoms. The largest absolute Gasteiger partial charge is 0.388 e. The maximum atomic E-state index is 12.0. The van der Waals surface area contributed by atoms with Crippen LogP contribution in [0.25, 0.3) is 0 Å². The quantitative estimate of drug-likeness (QED) is 0.200. The van der Waals surface area contributed by atoms with E-state index in [1.807, 2.05) is 37.3 Å². The molecule has 160 valence electrons. The molecule has 0 heterocycles. The summed E-state index contributed by atoms with van der Waals surface area (Å²) in [6.45, 7) is 7.89. The molecule has 0 saturated carbocycles. The van der Waals surface area contributed by atoms with Crippen LogP contribution in [0.1, 0.15) is 52.0 Å². The molecule has 0 saturated heterocycles. The van der Waals surface area contributed by atoms with Crippen molar-refractivity contribution in [1.82, 2.24) is 16.0 Å². The Morgan fingerprint density at radius 1 is 1.04 bits per heavy atom. The zero-order valence-electron chi connectivity index (χ0n) is 17.5. The number of nitrogens with one attached hydrogen (secondary N) is 3. The van der Waals surface area contributed by atoms with Crippen LogP contribution in [-0.4, -0.2) is 48.8 Å². The van der Waals surface area contributed by atoms with Crippen molar-refractivity contribution in [1.29, 1.82) is 0 Å². The lowest BCUT2D eigenvalue weighted by molar-refractivity contribution is -0.119. The molecular weight excluding hydrogens is 467 g/mol. The number of rotatable bonds is 12. The standard InChI is InChI=1S/C21H36N4O2.HI/c1-4-13-21(27,14-5-2)17-25-20(22-6-3)24-16-19(26)23-15-12-18-10-8-7-9-11-18;/h7-11,27H,4-6,12-17H2,1-3H3,(H,23,26)(H2,22,24,25);1H. The summed E-state index contributed by atoms with van der Waals surface area (Å²) in [6.07, 6.45) is 4.14. The lowest BCUT2D eigenvalue weighted by Gasteiger charge is -2.28. The highest BCUT2D eigenvalue weighted by Crippen LogP contribution is 2.18. The van der Waals surface area contributed by atoms with Crippen molar-refractivity contribution in [3.63, 3.8) is 0 Å². The fourth-order valence-electron chi connectivity index (χ4n) is 3.02. The first-order valence-corrected chi connectivity index (χ1v) is 10.1. The van der Waals surface area contributed by atoms with Crippen LogP contribution in [-0.2, 0) is 11.2 Å².